The number of anilines is 4. The Morgan fingerprint density at radius 2 is 0.764 bits per heavy atom. The van der Waals surface area contributed by atoms with Gasteiger partial charge in [-0.3, -0.25) is 65.8 Å². The number of aromatic nitrogens is 20. The molecular weight excluding hydrogens is 1920 g/mol. The second-order valence-electron chi connectivity index (χ2n) is 29.8. The van der Waals surface area contributed by atoms with E-state index in [1.54, 1.807) is 4.57 Å². The first-order valence-electron chi connectivity index (χ1n) is 38.4. The Bertz CT molecular complexity index is 6470. The molecule has 0 aromatic carbocycles. The van der Waals surface area contributed by atoms with Crippen LogP contribution in [0.3, 0.4) is 0 Å². The maximum atomic E-state index is 14.9. The van der Waals surface area contributed by atoms with Crippen molar-refractivity contribution in [2.45, 2.75) is 183 Å². The maximum Gasteiger partial charge on any atom is 0.386 e. The minimum atomic E-state index is -4.71. The first-order chi connectivity index (χ1) is 60.2. The van der Waals surface area contributed by atoms with Gasteiger partial charge in [-0.05, 0) is 85.7 Å². The second kappa shape index (κ2) is 37.5. The summed E-state index contributed by atoms with van der Waals surface area (Å²) >= 11 is 32.4. The zero-order chi connectivity index (χ0) is 90.3. The molecule has 16 heterocycles. The topological polar surface area (TPSA) is 683 Å². The van der Waals surface area contributed by atoms with E-state index in [1.165, 1.54) is 84.2 Å². The van der Waals surface area contributed by atoms with Gasteiger partial charge in [-0.15, -0.1) is 0 Å². The van der Waals surface area contributed by atoms with Gasteiger partial charge in [0.2, 0.25) is 5.95 Å². The fraction of sp³-hybridized carbons (Fsp3) is 0.556. The van der Waals surface area contributed by atoms with Crippen LogP contribution in [0.5, 0.6) is 0 Å². The van der Waals surface area contributed by atoms with E-state index in [-0.39, 0.29) is 119 Å². The normalized spacial score (nSPS) is 29.3. The molecule has 0 radical (unpaired) electrons. The fourth-order valence-corrected chi connectivity index (χ4v) is 24.3. The summed E-state index contributed by atoms with van der Waals surface area (Å²) in [7, 11) is 1.12. The van der Waals surface area contributed by atoms with E-state index in [1.807, 2.05) is 6.92 Å². The third kappa shape index (κ3) is 21.0. The first-order valence-corrected chi connectivity index (χ1v) is 54.4. The van der Waals surface area contributed by atoms with Crippen LogP contribution in [-0.2, 0) is 142 Å². The van der Waals surface area contributed by atoms with Crippen LogP contribution in [0, 0.1) is 13.8 Å². The lowest BCUT2D eigenvalue weighted by molar-refractivity contribution is -0.0519. The molecule has 10 aromatic heterocycles. The molecule has 24 atom stereocenters. The summed E-state index contributed by atoms with van der Waals surface area (Å²) in [5, 5.41) is 0. The number of nitrogens with zero attached hydrogens (tertiary/aromatic N) is 17. The molecule has 64 heteroatoms. The van der Waals surface area contributed by atoms with Gasteiger partial charge in [0.15, 0.2) is 52.1 Å². The zero-order valence-corrected chi connectivity index (χ0v) is 76.8. The maximum absolute atomic E-state index is 14.9. The number of nitrogens with one attached hydrogen (secondary N) is 3. The Morgan fingerprint density at radius 1 is 0.433 bits per heavy atom. The Kier molecular flexibility index (Phi) is 27.7. The molecule has 0 amide bonds. The van der Waals surface area contributed by atoms with Gasteiger partial charge in [0.05, 0.1) is 94.5 Å². The van der Waals surface area contributed by atoms with E-state index in [9.17, 15) is 53.0 Å². The predicted molar refractivity (Wildman–Crippen MR) is 464 cm³/mol. The summed E-state index contributed by atoms with van der Waals surface area (Å²) in [6.45, 7) is -23.9. The number of hydrogen-bond acceptors (Lipinski definition) is 43. The highest BCUT2D eigenvalue weighted by Gasteiger charge is 2.51. The number of aromatic amines is 3. The van der Waals surface area contributed by atoms with Crippen LogP contribution < -0.4 is 51.0 Å². The molecule has 6 fully saturated rings. The highest BCUT2D eigenvalue weighted by Crippen LogP contribution is 2.60. The third-order valence-electron chi connectivity index (χ3n) is 21.4. The van der Waals surface area contributed by atoms with Gasteiger partial charge < -0.3 is 117 Å². The molecule has 6 aliphatic rings. The van der Waals surface area contributed by atoms with Crippen LogP contribution in [0.15, 0.2) is 80.7 Å². The highest BCUT2D eigenvalue weighted by atomic mass is 32.7. The lowest BCUT2D eigenvalue weighted by Crippen LogP contribution is -2.33. The number of imidazole rings is 4. The first kappa shape index (κ1) is 93.7. The minimum Gasteiger partial charge on any atom is -0.382 e. The van der Waals surface area contributed by atoms with E-state index < -0.39 is 205 Å². The summed E-state index contributed by atoms with van der Waals surface area (Å²) in [6.07, 6.45) is -9.60. The fourth-order valence-electron chi connectivity index (χ4n) is 15.4. The van der Waals surface area contributed by atoms with Crippen LogP contribution in [0.2, 0.25) is 0 Å². The third-order valence-corrected chi connectivity index (χ3v) is 31.8. The number of fused-ring (bicyclic) bond motifs is 4. The second-order valence-corrected chi connectivity index (χ2v) is 47.6. The van der Waals surface area contributed by atoms with E-state index in [0.29, 0.717) is 17.6 Å². The van der Waals surface area contributed by atoms with Crippen molar-refractivity contribution in [3.63, 3.8) is 0 Å². The van der Waals surface area contributed by atoms with Gasteiger partial charge in [0.25, 0.3) is 16.7 Å². The quantitative estimate of drug-likeness (QED) is 0.0200. The SMILES string of the molecule is CC[C@H]1O[C@@H](n2cnc3c(N)ncnc32)CC1OP(O)(=S)OC[C@H]1O[C@@H](n2cc(C)c(=O)[nH]c2=O)CC1OP(=O)(S)OC[C@H]1O[C@@H](n2cnc3c(N)ncnc32)CC1OP(O)(=S)OC[C@H]1O[C@@H](n2cnc3c(N)ncnc32)CC1OP(O)(=S)CC[C@H]1O[C@@H](n2cnc3c(=O)[nH]c(N)nc32)CC1OP(O)(=S)OC[C@H]1O[C@@H](n2cc(C)c(=O)[nH]c2=O)CC1OP(O)(=S)OC. The van der Waals surface area contributed by atoms with Crippen LogP contribution in [-0.4, -0.2) is 235 Å². The number of aryl methyl sites for hydroxylation is 2. The lowest BCUT2D eigenvalue weighted by Gasteiger charge is -2.28. The summed E-state index contributed by atoms with van der Waals surface area (Å²) < 4.78 is 128. The highest BCUT2D eigenvalue weighted by molar-refractivity contribution is 8.44. The van der Waals surface area contributed by atoms with Crippen molar-refractivity contribution in [3.05, 3.63) is 120 Å². The number of hydrogen-bond donors (Lipinski definition) is 13. The van der Waals surface area contributed by atoms with Crippen molar-refractivity contribution in [3.8, 4) is 0 Å². The summed E-state index contributed by atoms with van der Waals surface area (Å²) in [4.78, 5) is 177. The average molecular weight is 2000 g/mol. The van der Waals surface area contributed by atoms with Crippen LogP contribution >= 0.6 is 52.4 Å². The van der Waals surface area contributed by atoms with E-state index in [4.69, 9.17) is 160 Å². The Labute approximate surface area is 744 Å². The molecule has 10 aromatic rings. The van der Waals surface area contributed by atoms with Gasteiger partial charge in [-0.1, -0.05) is 19.2 Å². The van der Waals surface area contributed by atoms with Gasteiger partial charge in [0, 0.05) is 75.3 Å². The van der Waals surface area contributed by atoms with Gasteiger partial charge in [0.1, 0.15) is 103 Å². The van der Waals surface area contributed by atoms with Crippen molar-refractivity contribution in [1.29, 1.82) is 0 Å². The van der Waals surface area contributed by atoms with Crippen molar-refractivity contribution in [2.24, 2.45) is 0 Å². The molecule has 0 spiro atoms. The number of H-pyrrole nitrogens is 3. The summed E-state index contributed by atoms with van der Waals surface area (Å²) in [6, 6.07) is 0. The molecular formula is C63H82N24O28P6S6. The number of thiol groups is 1. The van der Waals surface area contributed by atoms with Gasteiger partial charge >= 0.3 is 45.1 Å². The number of nitrogens with two attached hydrogens (primary N) is 4. The Hall–Kier alpha value is -6.49. The lowest BCUT2D eigenvalue weighted by atomic mass is 10.1. The molecule has 0 bridgehead atoms. The largest absolute Gasteiger partial charge is 0.386 e. The molecule has 0 saturated carbocycles. The smallest absolute Gasteiger partial charge is 0.382 e. The van der Waals surface area contributed by atoms with Crippen molar-refractivity contribution in [2.75, 3.05) is 62.6 Å². The Morgan fingerprint density at radius 3 is 1.17 bits per heavy atom. The molecule has 0 aliphatic carbocycles. The van der Waals surface area contributed by atoms with Crippen LogP contribution in [0.25, 0.3) is 44.7 Å². The van der Waals surface area contributed by atoms with E-state index in [0.717, 1.165) is 16.2 Å². The molecule has 12 unspecified atom stereocenters. The molecule has 6 aliphatic heterocycles. The Balaban J connectivity index is 0.616. The van der Waals surface area contributed by atoms with E-state index >= 15 is 0 Å². The standard InChI is InChI=1S/C63H82N24O28P6S6/c1-5-29-31(8-43(104-29)84-23-74-47-51(64)68-20-71-54(47)84)112-118(95,124)101-18-39-35(12-42(107-39)83-15-28(3)59(89)81-63(83)92)114-121(98,127)103-19-40-36(13-45(109-40)86-25-76-49-53(66)70-22-73-56(49)86)115-120(97,126)100-16-37-33(10-44(108-37)85-24-75-48-52(65)69-21-72-55(48)85)110-116(93,122)7-6-30-32(9-46(105-30)87-26-77-50-57(87)78-61(67)79-60(50)90)113-119(96,125)102-17-38-34(111-117(94,123)99-4)11-41(106-38)82-14-27(2)58(88)80-62(82)91/h14-15,20-26,29-46H,5-13,16-19H2,1-4H3,(H,93,122)(H,94,123)(H,95,124)(H,96,125)(H,97,126)(H,98,127)(H2,64,68,71)(H2,65,69,72)(H2,66,70,73)(H,80,88,91)(H,81,89,92)(H3,67,78,79,90)/t29-,30-,31?,32?,33?,34?,35?,36?,37-,38-,39-,40-,41-,42-,43-,44-,45-,46-,116?,117?,118?,119?,120?,121?/m1/s1. The van der Waals surface area contributed by atoms with Crippen molar-refractivity contribution >= 4 is 180 Å². The van der Waals surface area contributed by atoms with Crippen LogP contribution in [0.4, 0.5) is 23.4 Å². The van der Waals surface area contributed by atoms with Crippen molar-refractivity contribution < 1.29 is 107 Å². The van der Waals surface area contributed by atoms with E-state index in [2.05, 4.69) is 82.0 Å². The monoisotopic (exact) mass is 2000 g/mol. The predicted octanol–water partition coefficient (Wildman–Crippen LogP) is 2.44. The van der Waals surface area contributed by atoms with Gasteiger partial charge in [-0.2, -0.15) is 4.98 Å². The summed E-state index contributed by atoms with van der Waals surface area (Å²) in [5.74, 6) is -0.0452. The molecule has 688 valence electrons. The van der Waals surface area contributed by atoms with Crippen LogP contribution in [0.1, 0.15) is 107 Å². The molecule has 6 saturated heterocycles. The number of ether oxygens (including phenoxy) is 6. The molecule has 16 N–H and O–H groups in total. The molecule has 127 heavy (non-hydrogen) atoms. The number of nitrogen functional groups attached to an aromatic ring is 4. The molecule has 52 nitrogen and oxygen atoms in total. The average Bonchev–Trinajstić information content (AvgIpc) is 1.66. The number of rotatable bonds is 35. The summed E-state index contributed by atoms with van der Waals surface area (Å²) in [5.41, 5.74) is 22.5. The van der Waals surface area contributed by atoms with Gasteiger partial charge in [-0.25, -0.2) is 64.0 Å². The zero-order valence-electron chi connectivity index (χ0n) is 66.5. The van der Waals surface area contributed by atoms with Crippen molar-refractivity contribution in [1.82, 2.24) is 97.2 Å². The minimum absolute atomic E-state index is 0.00262. The molecule has 16 rings (SSSR count).